The Labute approximate surface area is 133 Å². The summed E-state index contributed by atoms with van der Waals surface area (Å²) in [5, 5.41) is 10.1. The molecular weight excluding hydrogens is 280 g/mol. The molecule has 1 saturated heterocycles. The van der Waals surface area contributed by atoms with Gasteiger partial charge in [0.25, 0.3) is 0 Å². The third kappa shape index (κ3) is 6.32. The maximum absolute atomic E-state index is 10.1. The molecule has 1 unspecified atom stereocenters. The first kappa shape index (κ1) is 17.2. The van der Waals surface area contributed by atoms with Crippen LogP contribution in [0.3, 0.4) is 0 Å². The summed E-state index contributed by atoms with van der Waals surface area (Å²) in [6.07, 6.45) is -0.476. The van der Waals surface area contributed by atoms with Crippen molar-refractivity contribution < 1.29 is 14.6 Å². The zero-order chi connectivity index (χ0) is 15.8. The van der Waals surface area contributed by atoms with Gasteiger partial charge in [-0.1, -0.05) is 17.7 Å². The van der Waals surface area contributed by atoms with Crippen molar-refractivity contribution in [2.24, 2.45) is 0 Å². The topological polar surface area (TPSA) is 45.2 Å². The minimum atomic E-state index is -0.476. The second kappa shape index (κ2) is 9.10. The van der Waals surface area contributed by atoms with Gasteiger partial charge in [-0.05, 0) is 26.1 Å². The lowest BCUT2D eigenvalue weighted by atomic mass is 10.2. The number of morpholine rings is 1. The summed E-state index contributed by atoms with van der Waals surface area (Å²) in [6, 6.07) is 7.89. The van der Waals surface area contributed by atoms with Gasteiger partial charge in [0, 0.05) is 32.7 Å². The molecule has 1 aromatic carbocycles. The Bertz CT molecular complexity index is 418. The molecule has 0 amide bonds. The zero-order valence-corrected chi connectivity index (χ0v) is 13.7. The molecule has 0 aromatic heterocycles. The summed E-state index contributed by atoms with van der Waals surface area (Å²) < 4.78 is 11.0. The largest absolute Gasteiger partial charge is 0.491 e. The Balaban J connectivity index is 1.60. The SMILES string of the molecule is Cc1ccc(OCC(O)CN(C)CCN2CCOCC2)cc1. The van der Waals surface area contributed by atoms with E-state index in [0.29, 0.717) is 13.2 Å². The molecule has 22 heavy (non-hydrogen) atoms. The molecule has 0 radical (unpaired) electrons. The van der Waals surface area contributed by atoms with Crippen molar-refractivity contribution in [1.82, 2.24) is 9.80 Å². The molecule has 1 heterocycles. The summed E-state index contributed by atoms with van der Waals surface area (Å²) in [5.74, 6) is 0.806. The van der Waals surface area contributed by atoms with E-state index < -0.39 is 6.10 Å². The van der Waals surface area contributed by atoms with E-state index in [-0.39, 0.29) is 0 Å². The highest BCUT2D eigenvalue weighted by Gasteiger charge is 2.13. The van der Waals surface area contributed by atoms with Crippen LogP contribution in [0.5, 0.6) is 5.75 Å². The van der Waals surface area contributed by atoms with E-state index in [1.807, 2.05) is 38.2 Å². The third-order valence-corrected chi connectivity index (χ3v) is 3.89. The quantitative estimate of drug-likeness (QED) is 0.776. The summed E-state index contributed by atoms with van der Waals surface area (Å²) in [5.41, 5.74) is 1.20. The monoisotopic (exact) mass is 308 g/mol. The van der Waals surface area contributed by atoms with Crippen molar-refractivity contribution in [2.45, 2.75) is 13.0 Å². The van der Waals surface area contributed by atoms with Gasteiger partial charge in [-0.2, -0.15) is 0 Å². The van der Waals surface area contributed by atoms with Crippen LogP contribution in [0.4, 0.5) is 0 Å². The van der Waals surface area contributed by atoms with Crippen LogP contribution in [0.1, 0.15) is 5.56 Å². The van der Waals surface area contributed by atoms with Crippen LogP contribution in [0.15, 0.2) is 24.3 Å². The number of hydrogen-bond acceptors (Lipinski definition) is 5. The first-order chi connectivity index (χ1) is 10.6. The van der Waals surface area contributed by atoms with E-state index in [2.05, 4.69) is 9.80 Å². The smallest absolute Gasteiger partial charge is 0.119 e. The fraction of sp³-hybridized carbons (Fsp3) is 0.647. The summed E-state index contributed by atoms with van der Waals surface area (Å²) in [7, 11) is 2.04. The van der Waals surface area contributed by atoms with Crippen molar-refractivity contribution >= 4 is 0 Å². The molecule has 1 aromatic rings. The van der Waals surface area contributed by atoms with E-state index in [4.69, 9.17) is 9.47 Å². The highest BCUT2D eigenvalue weighted by atomic mass is 16.5. The number of aryl methyl sites for hydroxylation is 1. The first-order valence-electron chi connectivity index (χ1n) is 7.99. The lowest BCUT2D eigenvalue weighted by molar-refractivity contribution is 0.0297. The Morgan fingerprint density at radius 3 is 2.64 bits per heavy atom. The number of nitrogens with zero attached hydrogens (tertiary/aromatic N) is 2. The molecule has 5 nitrogen and oxygen atoms in total. The number of likely N-dealkylation sites (N-methyl/N-ethyl adjacent to an activating group) is 1. The van der Waals surface area contributed by atoms with Crippen LogP contribution in [0.2, 0.25) is 0 Å². The van der Waals surface area contributed by atoms with Crippen molar-refractivity contribution in [3.05, 3.63) is 29.8 Å². The van der Waals surface area contributed by atoms with Crippen LogP contribution < -0.4 is 4.74 Å². The second-order valence-electron chi connectivity index (χ2n) is 5.99. The van der Waals surface area contributed by atoms with Gasteiger partial charge >= 0.3 is 0 Å². The minimum Gasteiger partial charge on any atom is -0.491 e. The molecule has 0 spiro atoms. The van der Waals surface area contributed by atoms with Gasteiger partial charge in [-0.3, -0.25) is 4.90 Å². The average Bonchev–Trinajstić information content (AvgIpc) is 2.53. The van der Waals surface area contributed by atoms with E-state index in [1.54, 1.807) is 0 Å². The normalized spacial score (nSPS) is 17.6. The zero-order valence-electron chi connectivity index (χ0n) is 13.7. The molecule has 1 aliphatic rings. The van der Waals surface area contributed by atoms with E-state index >= 15 is 0 Å². The van der Waals surface area contributed by atoms with Gasteiger partial charge in [-0.25, -0.2) is 0 Å². The molecule has 5 heteroatoms. The number of aliphatic hydroxyl groups excluding tert-OH is 1. The Kier molecular flexibility index (Phi) is 7.12. The maximum atomic E-state index is 10.1. The second-order valence-corrected chi connectivity index (χ2v) is 5.99. The van der Waals surface area contributed by atoms with Crippen molar-refractivity contribution in [3.63, 3.8) is 0 Å². The number of hydrogen-bond donors (Lipinski definition) is 1. The molecule has 0 aliphatic carbocycles. The molecule has 124 valence electrons. The van der Waals surface area contributed by atoms with Gasteiger partial charge < -0.3 is 19.5 Å². The molecule has 0 bridgehead atoms. The third-order valence-electron chi connectivity index (χ3n) is 3.89. The van der Waals surface area contributed by atoms with Crippen LogP contribution in [-0.4, -0.2) is 80.6 Å². The molecular formula is C17H28N2O3. The van der Waals surface area contributed by atoms with Crippen LogP contribution in [-0.2, 0) is 4.74 Å². The predicted octanol–water partition coefficient (Wildman–Crippen LogP) is 0.999. The van der Waals surface area contributed by atoms with Crippen LogP contribution in [0, 0.1) is 6.92 Å². The number of benzene rings is 1. The van der Waals surface area contributed by atoms with Gasteiger partial charge in [-0.15, -0.1) is 0 Å². The van der Waals surface area contributed by atoms with Crippen molar-refractivity contribution in [1.29, 1.82) is 0 Å². The van der Waals surface area contributed by atoms with E-state index in [1.165, 1.54) is 5.56 Å². The average molecular weight is 308 g/mol. The standard InChI is InChI=1S/C17H28N2O3/c1-15-3-5-17(6-4-15)22-14-16(20)13-18(2)7-8-19-9-11-21-12-10-19/h3-6,16,20H,7-14H2,1-2H3. The lowest BCUT2D eigenvalue weighted by Gasteiger charge is -2.29. The summed E-state index contributed by atoms with van der Waals surface area (Å²) in [4.78, 5) is 4.55. The van der Waals surface area contributed by atoms with Crippen LogP contribution in [0.25, 0.3) is 0 Å². The van der Waals surface area contributed by atoms with E-state index in [9.17, 15) is 5.11 Å². The summed E-state index contributed by atoms with van der Waals surface area (Å²) >= 11 is 0. The molecule has 2 rings (SSSR count). The van der Waals surface area contributed by atoms with Gasteiger partial charge in [0.1, 0.15) is 18.5 Å². The molecule has 1 atom stereocenters. The molecule has 0 saturated carbocycles. The van der Waals surface area contributed by atoms with Gasteiger partial charge in [0.05, 0.1) is 13.2 Å². The van der Waals surface area contributed by atoms with Crippen molar-refractivity contribution in [2.75, 3.05) is 59.6 Å². The minimum absolute atomic E-state index is 0.324. The van der Waals surface area contributed by atoms with E-state index in [0.717, 1.165) is 45.1 Å². The number of rotatable bonds is 8. The first-order valence-corrected chi connectivity index (χ1v) is 7.99. The number of ether oxygens (including phenoxy) is 2. The Morgan fingerprint density at radius 1 is 1.27 bits per heavy atom. The summed E-state index contributed by atoms with van der Waals surface area (Å²) in [6.45, 7) is 8.63. The Hall–Kier alpha value is -1.14. The van der Waals surface area contributed by atoms with Gasteiger partial charge in [0.2, 0.25) is 0 Å². The highest BCUT2D eigenvalue weighted by molar-refractivity contribution is 5.26. The lowest BCUT2D eigenvalue weighted by Crippen LogP contribution is -2.42. The molecule has 1 fully saturated rings. The predicted molar refractivity (Wildman–Crippen MR) is 87.4 cm³/mol. The van der Waals surface area contributed by atoms with Crippen molar-refractivity contribution in [3.8, 4) is 5.75 Å². The maximum Gasteiger partial charge on any atom is 0.119 e. The molecule has 1 N–H and O–H groups in total. The fourth-order valence-corrected chi connectivity index (χ4v) is 2.47. The molecule has 1 aliphatic heterocycles. The Morgan fingerprint density at radius 2 is 1.95 bits per heavy atom. The highest BCUT2D eigenvalue weighted by Crippen LogP contribution is 2.11. The fourth-order valence-electron chi connectivity index (χ4n) is 2.47. The van der Waals surface area contributed by atoms with Crippen LogP contribution >= 0.6 is 0 Å². The van der Waals surface area contributed by atoms with Gasteiger partial charge in [0.15, 0.2) is 0 Å². The number of aliphatic hydroxyl groups is 1.